The maximum Gasteiger partial charge on any atom is 0.106 e. The van der Waals surface area contributed by atoms with E-state index in [1.54, 1.807) is 6.07 Å². The SMILES string of the molecule is CC(CNc1ccc(Cl)cc1C(N)=S)N(C)C. The molecule has 1 atom stereocenters. The summed E-state index contributed by atoms with van der Waals surface area (Å²) >= 11 is 10.9. The van der Waals surface area contributed by atoms with Crippen LogP contribution in [0.3, 0.4) is 0 Å². The van der Waals surface area contributed by atoms with Crippen molar-refractivity contribution < 1.29 is 0 Å². The number of benzene rings is 1. The first kappa shape index (κ1) is 14.2. The molecule has 3 N–H and O–H groups in total. The predicted molar refractivity (Wildman–Crippen MR) is 79.0 cm³/mol. The Hall–Kier alpha value is -0.840. The van der Waals surface area contributed by atoms with Gasteiger partial charge in [0.2, 0.25) is 0 Å². The molecule has 1 aromatic carbocycles. The molecular weight excluding hydrogens is 254 g/mol. The summed E-state index contributed by atoms with van der Waals surface area (Å²) in [5, 5.41) is 3.97. The van der Waals surface area contributed by atoms with E-state index in [1.165, 1.54) is 0 Å². The molecule has 1 rings (SSSR count). The smallest absolute Gasteiger partial charge is 0.106 e. The third-order valence-electron chi connectivity index (χ3n) is 2.72. The average molecular weight is 272 g/mol. The quantitative estimate of drug-likeness (QED) is 0.807. The van der Waals surface area contributed by atoms with Crippen molar-refractivity contribution in [1.82, 2.24) is 4.90 Å². The fraction of sp³-hybridized carbons (Fsp3) is 0.417. The molecule has 0 bridgehead atoms. The van der Waals surface area contributed by atoms with Gasteiger partial charge in [0.25, 0.3) is 0 Å². The largest absolute Gasteiger partial charge is 0.389 e. The Balaban J connectivity index is 2.80. The lowest BCUT2D eigenvalue weighted by atomic mass is 10.1. The number of halogens is 1. The van der Waals surface area contributed by atoms with Crippen molar-refractivity contribution >= 4 is 34.5 Å². The number of nitrogens with two attached hydrogens (primary N) is 1. The van der Waals surface area contributed by atoms with Crippen molar-refractivity contribution in [2.24, 2.45) is 5.73 Å². The van der Waals surface area contributed by atoms with Crippen LogP contribution in [-0.4, -0.2) is 36.6 Å². The first-order valence-electron chi connectivity index (χ1n) is 5.41. The van der Waals surface area contributed by atoms with Gasteiger partial charge in [0.15, 0.2) is 0 Å². The lowest BCUT2D eigenvalue weighted by Gasteiger charge is -2.21. The van der Waals surface area contributed by atoms with Crippen LogP contribution in [0.2, 0.25) is 5.02 Å². The molecule has 0 heterocycles. The van der Waals surface area contributed by atoms with Gasteiger partial charge in [-0.15, -0.1) is 0 Å². The third kappa shape index (κ3) is 4.15. The molecule has 5 heteroatoms. The Kier molecular flexibility index (Phi) is 5.18. The van der Waals surface area contributed by atoms with Gasteiger partial charge in [0.05, 0.1) is 0 Å². The number of hydrogen-bond acceptors (Lipinski definition) is 3. The highest BCUT2D eigenvalue weighted by molar-refractivity contribution is 7.80. The van der Waals surface area contributed by atoms with Crippen molar-refractivity contribution in [3.8, 4) is 0 Å². The van der Waals surface area contributed by atoms with E-state index in [0.29, 0.717) is 16.1 Å². The summed E-state index contributed by atoms with van der Waals surface area (Å²) < 4.78 is 0. The predicted octanol–water partition coefficient (Wildman–Crippen LogP) is 2.34. The lowest BCUT2D eigenvalue weighted by Crippen LogP contribution is -2.32. The second-order valence-electron chi connectivity index (χ2n) is 4.25. The van der Waals surface area contributed by atoms with E-state index >= 15 is 0 Å². The molecule has 0 saturated heterocycles. The number of thiocarbonyl (C=S) groups is 1. The monoisotopic (exact) mass is 271 g/mol. The highest BCUT2D eigenvalue weighted by Gasteiger charge is 2.08. The van der Waals surface area contributed by atoms with Gasteiger partial charge in [0, 0.05) is 28.9 Å². The zero-order valence-electron chi connectivity index (χ0n) is 10.3. The minimum absolute atomic E-state index is 0.354. The third-order valence-corrected chi connectivity index (χ3v) is 3.17. The summed E-state index contributed by atoms with van der Waals surface area (Å²) in [5.41, 5.74) is 7.39. The minimum atomic E-state index is 0.354. The summed E-state index contributed by atoms with van der Waals surface area (Å²) in [4.78, 5) is 2.50. The summed E-state index contributed by atoms with van der Waals surface area (Å²) in [6, 6.07) is 5.93. The fourth-order valence-corrected chi connectivity index (χ4v) is 1.66. The highest BCUT2D eigenvalue weighted by Crippen LogP contribution is 2.20. The van der Waals surface area contributed by atoms with Gasteiger partial charge >= 0.3 is 0 Å². The van der Waals surface area contributed by atoms with E-state index < -0.39 is 0 Å². The molecule has 0 fully saturated rings. The zero-order chi connectivity index (χ0) is 13.0. The first-order valence-corrected chi connectivity index (χ1v) is 6.20. The van der Waals surface area contributed by atoms with Crippen LogP contribution >= 0.6 is 23.8 Å². The number of rotatable bonds is 5. The molecule has 1 unspecified atom stereocenters. The Bertz CT molecular complexity index is 407. The van der Waals surface area contributed by atoms with E-state index in [2.05, 4.69) is 17.1 Å². The van der Waals surface area contributed by atoms with E-state index in [9.17, 15) is 0 Å². The Labute approximate surface area is 113 Å². The highest BCUT2D eigenvalue weighted by atomic mass is 35.5. The molecule has 0 aliphatic rings. The first-order chi connectivity index (χ1) is 7.91. The van der Waals surface area contributed by atoms with Crippen molar-refractivity contribution in [2.75, 3.05) is 26.0 Å². The van der Waals surface area contributed by atoms with E-state index in [1.807, 2.05) is 26.2 Å². The average Bonchev–Trinajstić information content (AvgIpc) is 2.26. The van der Waals surface area contributed by atoms with Crippen molar-refractivity contribution in [3.63, 3.8) is 0 Å². The molecular formula is C12H18ClN3S. The number of likely N-dealkylation sites (N-methyl/N-ethyl adjacent to an activating group) is 1. The van der Waals surface area contributed by atoms with Crippen molar-refractivity contribution in [2.45, 2.75) is 13.0 Å². The van der Waals surface area contributed by atoms with Gasteiger partial charge < -0.3 is 16.0 Å². The van der Waals surface area contributed by atoms with Crippen molar-refractivity contribution in [1.29, 1.82) is 0 Å². The van der Waals surface area contributed by atoms with Crippen LogP contribution in [0, 0.1) is 0 Å². The second-order valence-corrected chi connectivity index (χ2v) is 5.12. The molecule has 0 saturated carbocycles. The molecule has 17 heavy (non-hydrogen) atoms. The van der Waals surface area contributed by atoms with E-state index in [4.69, 9.17) is 29.6 Å². The van der Waals surface area contributed by atoms with Crippen LogP contribution in [0.5, 0.6) is 0 Å². The molecule has 0 amide bonds. The summed E-state index contributed by atoms with van der Waals surface area (Å²) in [6.07, 6.45) is 0. The summed E-state index contributed by atoms with van der Waals surface area (Å²) in [7, 11) is 4.09. The van der Waals surface area contributed by atoms with Crippen LogP contribution < -0.4 is 11.1 Å². The molecule has 0 aliphatic heterocycles. The normalized spacial score (nSPS) is 12.5. The van der Waals surface area contributed by atoms with Gasteiger partial charge in [-0.2, -0.15) is 0 Å². The number of hydrogen-bond donors (Lipinski definition) is 2. The number of anilines is 1. The minimum Gasteiger partial charge on any atom is -0.389 e. The summed E-state index contributed by atoms with van der Waals surface area (Å²) in [6.45, 7) is 2.97. The Morgan fingerprint density at radius 3 is 2.71 bits per heavy atom. The van der Waals surface area contributed by atoms with Crippen LogP contribution in [0.15, 0.2) is 18.2 Å². The van der Waals surface area contributed by atoms with Crippen LogP contribution in [0.25, 0.3) is 0 Å². The lowest BCUT2D eigenvalue weighted by molar-refractivity contribution is 0.326. The van der Waals surface area contributed by atoms with Gasteiger partial charge in [-0.3, -0.25) is 0 Å². The molecule has 0 aromatic heterocycles. The Morgan fingerprint density at radius 2 is 2.18 bits per heavy atom. The van der Waals surface area contributed by atoms with E-state index in [0.717, 1.165) is 17.8 Å². The van der Waals surface area contributed by atoms with Crippen LogP contribution in [0.1, 0.15) is 12.5 Å². The molecule has 94 valence electrons. The Morgan fingerprint density at radius 1 is 1.53 bits per heavy atom. The fourth-order valence-electron chi connectivity index (χ4n) is 1.31. The van der Waals surface area contributed by atoms with Crippen LogP contribution in [0.4, 0.5) is 5.69 Å². The molecule has 3 nitrogen and oxygen atoms in total. The molecule has 1 aromatic rings. The number of nitrogens with one attached hydrogen (secondary N) is 1. The van der Waals surface area contributed by atoms with Gasteiger partial charge in [-0.25, -0.2) is 0 Å². The van der Waals surface area contributed by atoms with Crippen LogP contribution in [-0.2, 0) is 0 Å². The second kappa shape index (κ2) is 6.19. The summed E-state index contributed by atoms with van der Waals surface area (Å²) in [5.74, 6) is 0. The maximum absolute atomic E-state index is 5.92. The molecule has 0 radical (unpaired) electrons. The van der Waals surface area contributed by atoms with Gasteiger partial charge in [-0.1, -0.05) is 23.8 Å². The van der Waals surface area contributed by atoms with Gasteiger partial charge in [0.1, 0.15) is 4.99 Å². The maximum atomic E-state index is 5.92. The van der Waals surface area contributed by atoms with E-state index in [-0.39, 0.29) is 0 Å². The molecule has 0 aliphatic carbocycles. The topological polar surface area (TPSA) is 41.3 Å². The standard InChI is InChI=1S/C12H18ClN3S/c1-8(16(2)3)7-15-11-5-4-9(13)6-10(11)12(14)17/h4-6,8,15H,7H2,1-3H3,(H2,14,17). The van der Waals surface area contributed by atoms with Crippen molar-refractivity contribution in [3.05, 3.63) is 28.8 Å². The number of nitrogens with zero attached hydrogens (tertiary/aromatic N) is 1. The van der Waals surface area contributed by atoms with Gasteiger partial charge in [-0.05, 0) is 39.2 Å². The zero-order valence-corrected chi connectivity index (χ0v) is 11.9. The molecule has 0 spiro atoms.